The van der Waals surface area contributed by atoms with E-state index in [4.69, 9.17) is 0 Å². The maximum atomic E-state index is 13.2. The fourth-order valence-electron chi connectivity index (χ4n) is 1.95. The van der Waals surface area contributed by atoms with E-state index in [0.29, 0.717) is 23.6 Å². The third-order valence-corrected chi connectivity index (χ3v) is 3.04. The van der Waals surface area contributed by atoms with Crippen molar-refractivity contribution < 1.29 is 8.78 Å². The molecule has 0 spiro atoms. The normalized spacial score (nSPS) is 10.8. The van der Waals surface area contributed by atoms with Gasteiger partial charge in [-0.2, -0.15) is 5.10 Å². The highest BCUT2D eigenvalue weighted by Crippen LogP contribution is 2.19. The summed E-state index contributed by atoms with van der Waals surface area (Å²) in [5.41, 5.74) is 2.04. The number of aromatic nitrogens is 4. The number of aryl methyl sites for hydroxylation is 1. The predicted octanol–water partition coefficient (Wildman–Crippen LogP) is 2.98. The Morgan fingerprint density at radius 3 is 2.52 bits per heavy atom. The summed E-state index contributed by atoms with van der Waals surface area (Å²) in [4.78, 5) is 8.24. The lowest BCUT2D eigenvalue weighted by atomic mass is 10.1. The molecule has 106 valence electrons. The first-order valence-corrected chi connectivity index (χ1v) is 6.38. The highest BCUT2D eigenvalue weighted by atomic mass is 19.2. The molecule has 0 unspecified atom stereocenters. The van der Waals surface area contributed by atoms with Crippen molar-refractivity contribution in [2.75, 3.05) is 0 Å². The van der Waals surface area contributed by atoms with Crippen LogP contribution >= 0.6 is 0 Å². The van der Waals surface area contributed by atoms with E-state index >= 15 is 0 Å². The Bertz CT molecular complexity index is 766. The van der Waals surface area contributed by atoms with Crippen LogP contribution < -0.4 is 0 Å². The summed E-state index contributed by atoms with van der Waals surface area (Å²) >= 11 is 0. The lowest BCUT2D eigenvalue weighted by Gasteiger charge is -2.02. The van der Waals surface area contributed by atoms with Crippen molar-refractivity contribution in [1.29, 1.82) is 0 Å². The second-order valence-corrected chi connectivity index (χ2v) is 4.67. The van der Waals surface area contributed by atoms with Crippen LogP contribution in [0, 0.1) is 18.6 Å². The first kappa shape index (κ1) is 13.4. The van der Waals surface area contributed by atoms with Crippen LogP contribution in [0.3, 0.4) is 0 Å². The molecule has 0 aliphatic heterocycles. The van der Waals surface area contributed by atoms with Crippen LogP contribution in [0.5, 0.6) is 0 Å². The van der Waals surface area contributed by atoms with Crippen LogP contribution in [0.2, 0.25) is 0 Å². The predicted molar refractivity (Wildman–Crippen MR) is 73.5 cm³/mol. The van der Waals surface area contributed by atoms with E-state index in [1.165, 1.54) is 6.07 Å². The molecule has 0 fully saturated rings. The molecule has 6 heteroatoms. The topological polar surface area (TPSA) is 43.6 Å². The maximum absolute atomic E-state index is 13.2. The van der Waals surface area contributed by atoms with Crippen molar-refractivity contribution in [3.63, 3.8) is 0 Å². The Morgan fingerprint density at radius 2 is 1.81 bits per heavy atom. The molecular weight excluding hydrogens is 274 g/mol. The number of nitrogens with zero attached hydrogens (tertiary/aromatic N) is 4. The van der Waals surface area contributed by atoms with E-state index in [0.717, 1.165) is 17.7 Å². The van der Waals surface area contributed by atoms with Crippen LogP contribution in [0.25, 0.3) is 11.3 Å². The summed E-state index contributed by atoms with van der Waals surface area (Å²) in [6, 6.07) is 5.48. The highest BCUT2D eigenvalue weighted by Gasteiger charge is 2.07. The van der Waals surface area contributed by atoms with Crippen LogP contribution in [0.1, 0.15) is 11.4 Å². The van der Waals surface area contributed by atoms with Crippen molar-refractivity contribution in [1.82, 2.24) is 19.7 Å². The third-order valence-electron chi connectivity index (χ3n) is 3.04. The summed E-state index contributed by atoms with van der Waals surface area (Å²) in [7, 11) is 0. The van der Waals surface area contributed by atoms with Gasteiger partial charge >= 0.3 is 0 Å². The lowest BCUT2D eigenvalue weighted by Crippen LogP contribution is -2.02. The molecule has 1 aromatic carbocycles. The molecule has 0 bridgehead atoms. The summed E-state index contributed by atoms with van der Waals surface area (Å²) in [6.45, 7) is 2.34. The molecule has 4 nitrogen and oxygen atoms in total. The van der Waals surface area contributed by atoms with Gasteiger partial charge in [-0.3, -0.25) is 4.68 Å². The van der Waals surface area contributed by atoms with Gasteiger partial charge < -0.3 is 0 Å². The van der Waals surface area contributed by atoms with Crippen molar-refractivity contribution in [2.45, 2.75) is 13.5 Å². The molecular formula is C15H12F2N4. The zero-order chi connectivity index (χ0) is 14.8. The summed E-state index contributed by atoms with van der Waals surface area (Å²) in [5.74, 6) is -1.04. The molecule has 0 aliphatic rings. The molecule has 0 saturated carbocycles. The highest BCUT2D eigenvalue weighted by molar-refractivity contribution is 5.58. The molecule has 21 heavy (non-hydrogen) atoms. The maximum Gasteiger partial charge on any atom is 0.159 e. The smallest absolute Gasteiger partial charge is 0.159 e. The number of rotatable bonds is 3. The van der Waals surface area contributed by atoms with Gasteiger partial charge in [-0.1, -0.05) is 0 Å². The molecule has 0 amide bonds. The fraction of sp³-hybridized carbons (Fsp3) is 0.133. The number of hydrogen-bond acceptors (Lipinski definition) is 3. The number of hydrogen-bond donors (Lipinski definition) is 0. The largest absolute Gasteiger partial charge is 0.268 e. The van der Waals surface area contributed by atoms with Gasteiger partial charge in [0, 0.05) is 29.7 Å². The Kier molecular flexibility index (Phi) is 3.43. The van der Waals surface area contributed by atoms with Crippen LogP contribution in [-0.4, -0.2) is 19.7 Å². The summed E-state index contributed by atoms with van der Waals surface area (Å²) < 4.78 is 27.9. The van der Waals surface area contributed by atoms with E-state index in [1.807, 2.05) is 6.92 Å². The van der Waals surface area contributed by atoms with E-state index in [-0.39, 0.29) is 0 Å². The molecule has 0 radical (unpaired) electrons. The summed E-state index contributed by atoms with van der Waals surface area (Å²) in [6.07, 6.45) is 5.25. The van der Waals surface area contributed by atoms with Crippen LogP contribution in [-0.2, 0) is 6.54 Å². The van der Waals surface area contributed by atoms with E-state index in [1.54, 1.807) is 29.3 Å². The first-order chi connectivity index (χ1) is 10.1. The van der Waals surface area contributed by atoms with Crippen LogP contribution in [0.4, 0.5) is 8.78 Å². The molecule has 0 N–H and O–H groups in total. The number of benzene rings is 1. The van der Waals surface area contributed by atoms with Gasteiger partial charge in [0.25, 0.3) is 0 Å². The van der Waals surface area contributed by atoms with Gasteiger partial charge in [0.05, 0.1) is 12.2 Å². The molecule has 3 rings (SSSR count). The van der Waals surface area contributed by atoms with Crippen molar-refractivity contribution in [2.24, 2.45) is 0 Å². The molecule has 2 aromatic heterocycles. The van der Waals surface area contributed by atoms with Crippen molar-refractivity contribution >= 4 is 0 Å². The van der Waals surface area contributed by atoms with Gasteiger partial charge in [-0.05, 0) is 31.2 Å². The minimum Gasteiger partial charge on any atom is -0.268 e. The minimum atomic E-state index is -0.881. The van der Waals surface area contributed by atoms with Gasteiger partial charge in [0.15, 0.2) is 11.6 Å². The van der Waals surface area contributed by atoms with Crippen molar-refractivity contribution in [3.05, 3.63) is 65.9 Å². The zero-order valence-corrected chi connectivity index (χ0v) is 11.3. The monoisotopic (exact) mass is 286 g/mol. The lowest BCUT2D eigenvalue weighted by molar-refractivity contribution is 0.509. The first-order valence-electron chi connectivity index (χ1n) is 6.38. The Morgan fingerprint density at radius 1 is 1.05 bits per heavy atom. The summed E-state index contributed by atoms with van der Waals surface area (Å²) in [5, 5.41) is 4.34. The Labute approximate surface area is 120 Å². The fourth-order valence-corrected chi connectivity index (χ4v) is 1.95. The SMILES string of the molecule is Cc1ncc(Cn2ccc(-c3ccc(F)c(F)c3)n2)cn1. The van der Waals surface area contributed by atoms with Gasteiger partial charge in [-0.25, -0.2) is 18.7 Å². The van der Waals surface area contributed by atoms with E-state index in [2.05, 4.69) is 15.1 Å². The second-order valence-electron chi connectivity index (χ2n) is 4.67. The molecule has 2 heterocycles. The van der Waals surface area contributed by atoms with E-state index < -0.39 is 11.6 Å². The second kappa shape index (κ2) is 5.40. The molecule has 0 atom stereocenters. The molecule has 0 saturated heterocycles. The average molecular weight is 286 g/mol. The minimum absolute atomic E-state index is 0.518. The number of halogens is 2. The van der Waals surface area contributed by atoms with Crippen molar-refractivity contribution in [3.8, 4) is 11.3 Å². The van der Waals surface area contributed by atoms with Gasteiger partial charge in [-0.15, -0.1) is 0 Å². The zero-order valence-electron chi connectivity index (χ0n) is 11.3. The molecule has 0 aliphatic carbocycles. The van der Waals surface area contributed by atoms with E-state index in [9.17, 15) is 8.78 Å². The quantitative estimate of drug-likeness (QED) is 0.743. The Balaban J connectivity index is 1.82. The standard InChI is InChI=1S/C15H12F2N4/c1-10-18-7-11(8-19-10)9-21-5-4-15(20-21)12-2-3-13(16)14(17)6-12/h2-8H,9H2,1H3. The van der Waals surface area contributed by atoms with Gasteiger partial charge in [0.1, 0.15) is 5.82 Å². The van der Waals surface area contributed by atoms with Crippen LogP contribution in [0.15, 0.2) is 42.9 Å². The molecule has 3 aromatic rings. The van der Waals surface area contributed by atoms with Gasteiger partial charge in [0.2, 0.25) is 0 Å². The average Bonchev–Trinajstić information content (AvgIpc) is 2.93. The third kappa shape index (κ3) is 2.94. The Hall–Kier alpha value is -2.63.